The van der Waals surface area contributed by atoms with Crippen LogP contribution in [0.5, 0.6) is 0 Å². The predicted molar refractivity (Wildman–Crippen MR) is 83.2 cm³/mol. The first-order chi connectivity index (χ1) is 10.7. The van der Waals surface area contributed by atoms with Crippen molar-refractivity contribution in [2.75, 3.05) is 13.1 Å². The highest BCUT2D eigenvalue weighted by Crippen LogP contribution is 2.26. The van der Waals surface area contributed by atoms with Gasteiger partial charge in [-0.3, -0.25) is 19.4 Å². The van der Waals surface area contributed by atoms with E-state index in [0.717, 1.165) is 49.6 Å². The molecule has 0 bridgehead atoms. The van der Waals surface area contributed by atoms with Gasteiger partial charge in [0, 0.05) is 44.9 Å². The summed E-state index contributed by atoms with van der Waals surface area (Å²) < 4.78 is 1.90. The Hall–Kier alpha value is -2.24. The van der Waals surface area contributed by atoms with E-state index in [9.17, 15) is 4.79 Å². The number of piperidine rings is 1. The Bertz CT molecular complexity index is 649. The molecule has 22 heavy (non-hydrogen) atoms. The minimum Gasteiger partial charge on any atom is -0.342 e. The lowest BCUT2D eigenvalue weighted by atomic mass is 9.95. The molecule has 0 saturated carbocycles. The number of likely N-dealkylation sites (tertiary alicyclic amines) is 1. The summed E-state index contributed by atoms with van der Waals surface area (Å²) in [6.07, 6.45) is 7.52. The van der Waals surface area contributed by atoms with Gasteiger partial charge in [0.2, 0.25) is 5.91 Å². The second kappa shape index (κ2) is 6.25. The van der Waals surface area contributed by atoms with Crippen molar-refractivity contribution in [2.24, 2.45) is 0 Å². The molecule has 1 saturated heterocycles. The van der Waals surface area contributed by atoms with Crippen LogP contribution in [-0.2, 0) is 11.3 Å². The third-order valence-electron chi connectivity index (χ3n) is 4.24. The van der Waals surface area contributed by atoms with Gasteiger partial charge >= 0.3 is 0 Å². The van der Waals surface area contributed by atoms with Crippen molar-refractivity contribution in [1.82, 2.24) is 24.6 Å². The Morgan fingerprint density at radius 3 is 2.91 bits per heavy atom. The van der Waals surface area contributed by atoms with Crippen LogP contribution in [-0.4, -0.2) is 43.6 Å². The summed E-state index contributed by atoms with van der Waals surface area (Å²) in [5.41, 5.74) is 2.79. The molecule has 0 N–H and O–H groups in total. The number of rotatable bonds is 3. The van der Waals surface area contributed by atoms with E-state index in [1.807, 2.05) is 28.0 Å². The average molecular weight is 299 g/mol. The monoisotopic (exact) mass is 299 g/mol. The Morgan fingerprint density at radius 1 is 1.36 bits per heavy atom. The minimum atomic E-state index is 0.140. The number of amides is 1. The molecule has 0 spiro atoms. The van der Waals surface area contributed by atoms with Gasteiger partial charge in [-0.2, -0.15) is 5.10 Å². The molecule has 3 rings (SSSR count). The van der Waals surface area contributed by atoms with Gasteiger partial charge in [-0.15, -0.1) is 0 Å². The van der Waals surface area contributed by atoms with Crippen molar-refractivity contribution in [1.29, 1.82) is 0 Å². The van der Waals surface area contributed by atoms with Crippen LogP contribution in [0, 0.1) is 0 Å². The summed E-state index contributed by atoms with van der Waals surface area (Å²) in [5, 5.41) is 4.26. The summed E-state index contributed by atoms with van der Waals surface area (Å²) >= 11 is 0. The normalized spacial score (nSPS) is 18.5. The fourth-order valence-corrected chi connectivity index (χ4v) is 2.99. The lowest BCUT2D eigenvalue weighted by Crippen LogP contribution is -2.37. The van der Waals surface area contributed by atoms with E-state index in [-0.39, 0.29) is 11.8 Å². The minimum absolute atomic E-state index is 0.140. The van der Waals surface area contributed by atoms with E-state index in [0.29, 0.717) is 0 Å². The van der Waals surface area contributed by atoms with Gasteiger partial charge in [0.1, 0.15) is 5.69 Å². The van der Waals surface area contributed by atoms with Crippen LogP contribution in [0.2, 0.25) is 0 Å². The average Bonchev–Trinajstić information content (AvgIpc) is 3.04. The van der Waals surface area contributed by atoms with Crippen LogP contribution in [0.4, 0.5) is 0 Å². The summed E-state index contributed by atoms with van der Waals surface area (Å²) in [6.45, 7) is 6.09. The Kier molecular flexibility index (Phi) is 4.18. The predicted octanol–water partition coefficient (Wildman–Crippen LogP) is 2.09. The smallest absolute Gasteiger partial charge is 0.219 e. The molecule has 2 aromatic rings. The van der Waals surface area contributed by atoms with E-state index in [4.69, 9.17) is 0 Å². The SMILES string of the molecule is CCn1nccc1-c1cnc([C@@H]2CCCN(C(C)=O)C2)cn1. The van der Waals surface area contributed by atoms with Gasteiger partial charge in [-0.1, -0.05) is 0 Å². The fourth-order valence-electron chi connectivity index (χ4n) is 2.99. The van der Waals surface area contributed by atoms with E-state index >= 15 is 0 Å². The first-order valence-corrected chi connectivity index (χ1v) is 7.78. The molecule has 1 fully saturated rings. The maximum atomic E-state index is 11.5. The van der Waals surface area contributed by atoms with Gasteiger partial charge in [-0.05, 0) is 25.8 Å². The van der Waals surface area contributed by atoms with E-state index in [2.05, 4.69) is 22.0 Å². The van der Waals surface area contributed by atoms with Gasteiger partial charge in [0.25, 0.3) is 0 Å². The quantitative estimate of drug-likeness (QED) is 0.870. The zero-order valence-electron chi connectivity index (χ0n) is 13.1. The van der Waals surface area contributed by atoms with Crippen LogP contribution in [0.25, 0.3) is 11.4 Å². The van der Waals surface area contributed by atoms with Crippen molar-refractivity contribution >= 4 is 5.91 Å². The van der Waals surface area contributed by atoms with Crippen molar-refractivity contribution in [2.45, 2.75) is 39.2 Å². The third-order valence-corrected chi connectivity index (χ3v) is 4.24. The van der Waals surface area contributed by atoms with Crippen LogP contribution in [0.15, 0.2) is 24.7 Å². The fraction of sp³-hybridized carbons (Fsp3) is 0.500. The molecular weight excluding hydrogens is 278 g/mol. The van der Waals surface area contributed by atoms with Gasteiger partial charge in [-0.25, -0.2) is 0 Å². The lowest BCUT2D eigenvalue weighted by molar-refractivity contribution is -0.130. The lowest BCUT2D eigenvalue weighted by Gasteiger charge is -2.31. The summed E-state index contributed by atoms with van der Waals surface area (Å²) in [4.78, 5) is 22.6. The Balaban J connectivity index is 1.78. The van der Waals surface area contributed by atoms with Gasteiger partial charge in [0.15, 0.2) is 0 Å². The Morgan fingerprint density at radius 2 is 2.23 bits per heavy atom. The van der Waals surface area contributed by atoms with Crippen molar-refractivity contribution < 1.29 is 4.79 Å². The van der Waals surface area contributed by atoms with Gasteiger partial charge < -0.3 is 4.90 Å². The molecule has 2 aromatic heterocycles. The molecule has 0 aliphatic carbocycles. The van der Waals surface area contributed by atoms with Crippen molar-refractivity contribution in [3.05, 3.63) is 30.4 Å². The van der Waals surface area contributed by atoms with Crippen molar-refractivity contribution in [3.63, 3.8) is 0 Å². The number of nitrogens with zero attached hydrogens (tertiary/aromatic N) is 5. The van der Waals surface area contributed by atoms with Gasteiger partial charge in [0.05, 0.1) is 17.6 Å². The highest BCUT2D eigenvalue weighted by Gasteiger charge is 2.24. The number of carbonyl (C=O) groups is 1. The Labute approximate surface area is 130 Å². The standard InChI is InChI=1S/C16H21N5O/c1-3-21-16(6-7-19-21)15-10-17-14(9-18-15)13-5-4-8-20(11-13)12(2)22/h6-7,9-10,13H,3-5,8,11H2,1-2H3/t13-/m1/s1. The summed E-state index contributed by atoms with van der Waals surface area (Å²) in [5.74, 6) is 0.427. The number of aromatic nitrogens is 4. The third kappa shape index (κ3) is 2.86. The molecule has 0 unspecified atom stereocenters. The zero-order valence-corrected chi connectivity index (χ0v) is 13.1. The van der Waals surface area contributed by atoms with E-state index in [1.165, 1.54) is 0 Å². The van der Waals surface area contributed by atoms with Crippen LogP contribution in [0.1, 0.15) is 38.3 Å². The largest absolute Gasteiger partial charge is 0.342 e. The van der Waals surface area contributed by atoms with Crippen molar-refractivity contribution in [3.8, 4) is 11.4 Å². The first kappa shape index (κ1) is 14.7. The number of hydrogen-bond acceptors (Lipinski definition) is 4. The highest BCUT2D eigenvalue weighted by atomic mass is 16.2. The molecular formula is C16H21N5O. The second-order valence-electron chi connectivity index (χ2n) is 5.66. The van der Waals surface area contributed by atoms with Crippen LogP contribution in [0.3, 0.4) is 0 Å². The molecule has 6 nitrogen and oxygen atoms in total. The van der Waals surface area contributed by atoms with E-state index < -0.39 is 0 Å². The molecule has 6 heteroatoms. The molecule has 1 aliphatic heterocycles. The molecule has 116 valence electrons. The molecule has 1 aliphatic rings. The molecule has 0 radical (unpaired) electrons. The topological polar surface area (TPSA) is 63.9 Å². The number of aryl methyl sites for hydroxylation is 1. The van der Waals surface area contributed by atoms with Crippen LogP contribution >= 0.6 is 0 Å². The maximum absolute atomic E-state index is 11.5. The van der Waals surface area contributed by atoms with Crippen LogP contribution < -0.4 is 0 Å². The number of carbonyl (C=O) groups excluding carboxylic acids is 1. The maximum Gasteiger partial charge on any atom is 0.219 e. The molecule has 1 atom stereocenters. The molecule has 0 aromatic carbocycles. The van der Waals surface area contributed by atoms with E-state index in [1.54, 1.807) is 13.1 Å². The summed E-state index contributed by atoms with van der Waals surface area (Å²) in [6, 6.07) is 1.95. The first-order valence-electron chi connectivity index (χ1n) is 7.78. The number of hydrogen-bond donors (Lipinski definition) is 0. The molecule has 1 amide bonds. The highest BCUT2D eigenvalue weighted by molar-refractivity contribution is 5.73. The zero-order chi connectivity index (χ0) is 15.5. The second-order valence-corrected chi connectivity index (χ2v) is 5.66. The summed E-state index contributed by atoms with van der Waals surface area (Å²) in [7, 11) is 0. The molecule has 3 heterocycles.